The van der Waals surface area contributed by atoms with Crippen LogP contribution in [0.25, 0.3) is 11.6 Å². The summed E-state index contributed by atoms with van der Waals surface area (Å²) in [4.78, 5) is 25.8. The summed E-state index contributed by atoms with van der Waals surface area (Å²) < 4.78 is 1.64. The van der Waals surface area contributed by atoms with Gasteiger partial charge < -0.3 is 10.6 Å². The average Bonchev–Trinajstić information content (AvgIpc) is 3.20. The normalized spacial score (nSPS) is 11.2. The van der Waals surface area contributed by atoms with Gasteiger partial charge in [-0.1, -0.05) is 67.6 Å². The van der Waals surface area contributed by atoms with Crippen molar-refractivity contribution in [2.75, 3.05) is 11.9 Å². The van der Waals surface area contributed by atoms with E-state index in [1.54, 1.807) is 10.9 Å². The van der Waals surface area contributed by atoms with Gasteiger partial charge in [-0.2, -0.15) is 5.10 Å². The standard InChI is InChI=1S/C24H26N4O2/c1-3-15-25-24(30)22-21(17-28(4-2)27-22)26-23(29)20(19-13-9-6-10-14-19)16-18-11-7-5-8-12-18/h5-14,16-17H,3-4,15H2,1-2H3,(H,25,30)(H,26,29)/b20-16-. The molecule has 1 aromatic heterocycles. The molecule has 0 saturated heterocycles. The fourth-order valence-corrected chi connectivity index (χ4v) is 2.97. The number of nitrogens with one attached hydrogen (secondary N) is 2. The first-order valence-corrected chi connectivity index (χ1v) is 10.1. The van der Waals surface area contributed by atoms with Gasteiger partial charge in [0, 0.05) is 24.9 Å². The van der Waals surface area contributed by atoms with Crippen molar-refractivity contribution in [3.8, 4) is 0 Å². The zero-order chi connectivity index (χ0) is 21.3. The third kappa shape index (κ3) is 5.23. The maximum absolute atomic E-state index is 13.3. The molecule has 0 fully saturated rings. The molecule has 0 aliphatic rings. The summed E-state index contributed by atoms with van der Waals surface area (Å²) in [5, 5.41) is 10.0. The second-order valence-electron chi connectivity index (χ2n) is 6.79. The number of benzene rings is 2. The van der Waals surface area contributed by atoms with Gasteiger partial charge in [-0.15, -0.1) is 0 Å². The van der Waals surface area contributed by atoms with Crippen molar-refractivity contribution in [1.29, 1.82) is 0 Å². The van der Waals surface area contributed by atoms with Crippen LogP contribution >= 0.6 is 0 Å². The number of rotatable bonds is 8. The van der Waals surface area contributed by atoms with Crippen LogP contribution in [-0.4, -0.2) is 28.1 Å². The summed E-state index contributed by atoms with van der Waals surface area (Å²) in [6.45, 7) is 5.05. The SMILES string of the molecule is CCCNC(=O)c1nn(CC)cc1NC(=O)/C(=C\c1ccccc1)c1ccccc1. The Kier molecular flexibility index (Phi) is 7.16. The Labute approximate surface area is 176 Å². The van der Waals surface area contributed by atoms with Crippen LogP contribution in [0.4, 0.5) is 5.69 Å². The van der Waals surface area contributed by atoms with Crippen LogP contribution in [0.2, 0.25) is 0 Å². The molecule has 3 rings (SSSR count). The van der Waals surface area contributed by atoms with E-state index in [0.717, 1.165) is 17.5 Å². The topological polar surface area (TPSA) is 76.0 Å². The van der Waals surface area contributed by atoms with Crippen LogP contribution in [0.3, 0.4) is 0 Å². The molecule has 2 N–H and O–H groups in total. The quantitative estimate of drug-likeness (QED) is 0.437. The first kappa shape index (κ1) is 21.0. The smallest absolute Gasteiger partial charge is 0.273 e. The number of aryl methyl sites for hydroxylation is 1. The molecule has 1 heterocycles. The van der Waals surface area contributed by atoms with Crippen molar-refractivity contribution in [3.63, 3.8) is 0 Å². The van der Waals surface area contributed by atoms with E-state index in [1.807, 2.05) is 80.6 Å². The Morgan fingerprint density at radius 3 is 2.30 bits per heavy atom. The minimum atomic E-state index is -0.301. The van der Waals surface area contributed by atoms with Crippen molar-refractivity contribution >= 4 is 29.2 Å². The highest BCUT2D eigenvalue weighted by Crippen LogP contribution is 2.22. The van der Waals surface area contributed by atoms with E-state index < -0.39 is 0 Å². The minimum Gasteiger partial charge on any atom is -0.351 e. The summed E-state index contributed by atoms with van der Waals surface area (Å²) in [6.07, 6.45) is 4.34. The number of anilines is 1. The highest BCUT2D eigenvalue weighted by atomic mass is 16.2. The third-order valence-corrected chi connectivity index (χ3v) is 4.52. The number of hydrogen-bond acceptors (Lipinski definition) is 3. The predicted molar refractivity (Wildman–Crippen MR) is 120 cm³/mol. The molecule has 0 bridgehead atoms. The minimum absolute atomic E-state index is 0.214. The summed E-state index contributed by atoms with van der Waals surface area (Å²) in [5.74, 6) is -0.599. The largest absolute Gasteiger partial charge is 0.351 e. The molecule has 6 nitrogen and oxygen atoms in total. The van der Waals surface area contributed by atoms with E-state index in [2.05, 4.69) is 15.7 Å². The molecule has 2 aromatic carbocycles. The summed E-state index contributed by atoms with van der Waals surface area (Å²) in [7, 11) is 0. The molecular formula is C24H26N4O2. The Hall–Kier alpha value is -3.67. The first-order chi connectivity index (χ1) is 14.6. The maximum Gasteiger partial charge on any atom is 0.273 e. The van der Waals surface area contributed by atoms with E-state index >= 15 is 0 Å². The van der Waals surface area contributed by atoms with E-state index in [4.69, 9.17) is 0 Å². The van der Waals surface area contributed by atoms with Crippen LogP contribution in [0.1, 0.15) is 41.9 Å². The number of aromatic nitrogens is 2. The van der Waals surface area contributed by atoms with Gasteiger partial charge in [0.25, 0.3) is 11.8 Å². The van der Waals surface area contributed by atoms with Crippen molar-refractivity contribution in [3.05, 3.63) is 83.7 Å². The molecule has 0 saturated carbocycles. The molecule has 0 unspecified atom stereocenters. The number of carbonyl (C=O) groups excluding carboxylic acids is 2. The van der Waals surface area contributed by atoms with Crippen LogP contribution in [-0.2, 0) is 11.3 Å². The van der Waals surface area contributed by atoms with Crippen molar-refractivity contribution < 1.29 is 9.59 Å². The fourth-order valence-electron chi connectivity index (χ4n) is 2.97. The molecule has 0 radical (unpaired) electrons. The molecule has 3 aromatic rings. The van der Waals surface area contributed by atoms with Crippen molar-refractivity contribution in [2.45, 2.75) is 26.8 Å². The molecule has 6 heteroatoms. The van der Waals surface area contributed by atoms with Gasteiger partial charge in [-0.25, -0.2) is 0 Å². The summed E-state index contributed by atoms with van der Waals surface area (Å²) >= 11 is 0. The number of hydrogen-bond donors (Lipinski definition) is 2. The van der Waals surface area contributed by atoms with Crippen LogP contribution in [0, 0.1) is 0 Å². The predicted octanol–water partition coefficient (Wildman–Crippen LogP) is 4.22. The lowest BCUT2D eigenvalue weighted by atomic mass is 10.0. The Morgan fingerprint density at radius 2 is 1.67 bits per heavy atom. The molecule has 0 spiro atoms. The zero-order valence-corrected chi connectivity index (χ0v) is 17.3. The number of nitrogens with zero attached hydrogens (tertiary/aromatic N) is 2. The lowest BCUT2D eigenvalue weighted by Gasteiger charge is -2.10. The molecule has 0 aliphatic heterocycles. The number of amides is 2. The van der Waals surface area contributed by atoms with Crippen molar-refractivity contribution in [2.24, 2.45) is 0 Å². The van der Waals surface area contributed by atoms with Crippen LogP contribution < -0.4 is 10.6 Å². The second-order valence-corrected chi connectivity index (χ2v) is 6.79. The van der Waals surface area contributed by atoms with E-state index in [0.29, 0.717) is 24.4 Å². The summed E-state index contributed by atoms with van der Waals surface area (Å²) in [5.41, 5.74) is 2.82. The van der Waals surface area contributed by atoms with E-state index in [1.165, 1.54) is 0 Å². The van der Waals surface area contributed by atoms with Crippen molar-refractivity contribution in [1.82, 2.24) is 15.1 Å². The Balaban J connectivity index is 1.94. The Morgan fingerprint density at radius 1 is 1.00 bits per heavy atom. The van der Waals surface area contributed by atoms with Gasteiger partial charge in [-0.05, 0) is 30.5 Å². The monoisotopic (exact) mass is 402 g/mol. The van der Waals surface area contributed by atoms with Gasteiger partial charge in [0.2, 0.25) is 0 Å². The molecule has 154 valence electrons. The molecule has 30 heavy (non-hydrogen) atoms. The molecule has 2 amide bonds. The fraction of sp³-hybridized carbons (Fsp3) is 0.208. The third-order valence-electron chi connectivity index (χ3n) is 4.52. The molecule has 0 aliphatic carbocycles. The lowest BCUT2D eigenvalue weighted by Crippen LogP contribution is -2.26. The van der Waals surface area contributed by atoms with Crippen LogP contribution in [0.5, 0.6) is 0 Å². The summed E-state index contributed by atoms with van der Waals surface area (Å²) in [6, 6.07) is 19.1. The van der Waals surface area contributed by atoms with Gasteiger partial charge in [0.1, 0.15) is 0 Å². The van der Waals surface area contributed by atoms with Gasteiger partial charge in [-0.3, -0.25) is 14.3 Å². The lowest BCUT2D eigenvalue weighted by molar-refractivity contribution is -0.111. The van der Waals surface area contributed by atoms with Gasteiger partial charge >= 0.3 is 0 Å². The second kappa shape index (κ2) is 10.2. The highest BCUT2D eigenvalue weighted by molar-refractivity contribution is 6.29. The van der Waals surface area contributed by atoms with Gasteiger partial charge in [0.15, 0.2) is 5.69 Å². The average molecular weight is 402 g/mol. The van der Waals surface area contributed by atoms with Crippen LogP contribution in [0.15, 0.2) is 66.9 Å². The van der Waals surface area contributed by atoms with E-state index in [-0.39, 0.29) is 17.5 Å². The first-order valence-electron chi connectivity index (χ1n) is 10.1. The molecular weight excluding hydrogens is 376 g/mol. The number of carbonyl (C=O) groups is 2. The van der Waals surface area contributed by atoms with Gasteiger partial charge in [0.05, 0.1) is 5.69 Å². The van der Waals surface area contributed by atoms with E-state index in [9.17, 15) is 9.59 Å². The highest BCUT2D eigenvalue weighted by Gasteiger charge is 2.20. The Bertz CT molecular complexity index is 1020. The zero-order valence-electron chi connectivity index (χ0n) is 17.3. The molecule has 0 atom stereocenters. The maximum atomic E-state index is 13.3.